The number of nitrogens with one attached hydrogen (secondary N) is 1. The van der Waals surface area contributed by atoms with Crippen LogP contribution in [0.4, 0.5) is 20.4 Å². The van der Waals surface area contributed by atoms with Crippen molar-refractivity contribution < 1.29 is 17.2 Å². The number of fused-ring (bicyclic) bond motifs is 1. The number of nitrogens with two attached hydrogens (primary N) is 1. The molecule has 0 radical (unpaired) electrons. The van der Waals surface area contributed by atoms with Gasteiger partial charge in [0.1, 0.15) is 11.4 Å². The van der Waals surface area contributed by atoms with Gasteiger partial charge in [0, 0.05) is 12.4 Å². The highest BCUT2D eigenvalue weighted by Crippen LogP contribution is 2.23. The molecule has 0 aliphatic heterocycles. The van der Waals surface area contributed by atoms with Crippen LogP contribution < -0.4 is 10.5 Å². The Morgan fingerprint density at radius 3 is 2.69 bits per heavy atom. The fourth-order valence-electron chi connectivity index (χ4n) is 2.73. The molecule has 0 fully saturated rings. The average molecular weight is 420 g/mol. The third-order valence-electron chi connectivity index (χ3n) is 3.92. The van der Waals surface area contributed by atoms with E-state index in [0.717, 1.165) is 4.68 Å². The number of hydrogen-bond donors (Lipinski definition) is 2. The predicted octanol–water partition coefficient (Wildman–Crippen LogP) is 1.67. The minimum absolute atomic E-state index is 0.105. The molecule has 3 heterocycles. The van der Waals surface area contributed by atoms with E-state index in [1.54, 1.807) is 18.2 Å². The zero-order valence-corrected chi connectivity index (χ0v) is 15.5. The summed E-state index contributed by atoms with van der Waals surface area (Å²) in [5, 5.41) is 16.8. The molecule has 3 N–H and O–H groups in total. The van der Waals surface area contributed by atoms with Gasteiger partial charge in [-0.1, -0.05) is 12.1 Å². The zero-order valence-electron chi connectivity index (χ0n) is 14.6. The molecule has 4 aromatic rings. The highest BCUT2D eigenvalue weighted by atomic mass is 32.2. The van der Waals surface area contributed by atoms with Gasteiger partial charge in [-0.2, -0.15) is 15.2 Å². The van der Waals surface area contributed by atoms with Crippen LogP contribution in [0.2, 0.25) is 0 Å². The quantitative estimate of drug-likeness (QED) is 0.485. The maximum Gasteiger partial charge on any atom is 0.257 e. The van der Waals surface area contributed by atoms with Gasteiger partial charge in [-0.3, -0.25) is 4.68 Å². The van der Waals surface area contributed by atoms with Crippen LogP contribution in [0, 0.1) is 0 Å². The van der Waals surface area contributed by atoms with Crippen molar-refractivity contribution in [3.8, 4) is 5.69 Å². The van der Waals surface area contributed by atoms with E-state index in [1.807, 2.05) is 0 Å². The van der Waals surface area contributed by atoms with Gasteiger partial charge in [-0.05, 0) is 12.1 Å². The number of aromatic nitrogens is 6. The number of rotatable bonds is 6. The van der Waals surface area contributed by atoms with Gasteiger partial charge in [-0.25, -0.2) is 32.0 Å². The molecule has 0 bridgehead atoms. The number of halogens is 2. The largest absolute Gasteiger partial charge is 0.321 e. The van der Waals surface area contributed by atoms with Crippen molar-refractivity contribution in [3.05, 3.63) is 49.1 Å². The lowest BCUT2D eigenvalue weighted by Gasteiger charge is -2.09. The number of primary sulfonamides is 1. The van der Waals surface area contributed by atoms with Crippen LogP contribution in [0.3, 0.4) is 0 Å². The molecule has 150 valence electrons. The van der Waals surface area contributed by atoms with E-state index in [1.165, 1.54) is 35.5 Å². The normalized spacial score (nSPS) is 12.0. The van der Waals surface area contributed by atoms with Gasteiger partial charge in [-0.15, -0.1) is 0 Å². The molecule has 0 atom stereocenters. The maximum atomic E-state index is 12.5. The average Bonchev–Trinajstić information content (AvgIpc) is 3.27. The first-order chi connectivity index (χ1) is 13.8. The first-order valence-electron chi connectivity index (χ1n) is 8.22. The second-order valence-electron chi connectivity index (χ2n) is 6.01. The molecule has 1 aromatic carbocycles. The minimum atomic E-state index is -3.99. The molecule has 0 saturated heterocycles. The molecule has 3 aromatic heterocycles. The molecule has 0 aliphatic rings. The number of alkyl halides is 2. The monoisotopic (exact) mass is 420 g/mol. The molecule has 4 rings (SSSR count). The van der Waals surface area contributed by atoms with Crippen LogP contribution >= 0.6 is 0 Å². The highest BCUT2D eigenvalue weighted by Gasteiger charge is 2.18. The molecular weight excluding hydrogens is 406 g/mol. The summed E-state index contributed by atoms with van der Waals surface area (Å²) < 4.78 is 51.1. The first-order valence-corrected chi connectivity index (χ1v) is 9.76. The fourth-order valence-corrected chi connectivity index (χ4v) is 3.44. The van der Waals surface area contributed by atoms with Gasteiger partial charge in [0.25, 0.3) is 6.43 Å². The summed E-state index contributed by atoms with van der Waals surface area (Å²) in [5.74, 6) is 0.156. The van der Waals surface area contributed by atoms with Crippen molar-refractivity contribution in [1.82, 2.24) is 29.5 Å². The summed E-state index contributed by atoms with van der Waals surface area (Å²) in [4.78, 5) is 8.40. The van der Waals surface area contributed by atoms with Gasteiger partial charge in [0.15, 0.2) is 5.65 Å². The molecular formula is C16H14F2N8O2S. The van der Waals surface area contributed by atoms with E-state index in [-0.39, 0.29) is 16.5 Å². The minimum Gasteiger partial charge on any atom is -0.321 e. The number of anilines is 2. The Morgan fingerprint density at radius 1 is 1.14 bits per heavy atom. The third-order valence-corrected chi connectivity index (χ3v) is 4.88. The van der Waals surface area contributed by atoms with Gasteiger partial charge >= 0.3 is 0 Å². The smallest absolute Gasteiger partial charge is 0.257 e. The van der Waals surface area contributed by atoms with Gasteiger partial charge < -0.3 is 5.32 Å². The molecule has 0 aliphatic carbocycles. The highest BCUT2D eigenvalue weighted by molar-refractivity contribution is 7.89. The van der Waals surface area contributed by atoms with Crippen LogP contribution in [0.1, 0.15) is 0 Å². The number of para-hydroxylation sites is 1. The lowest BCUT2D eigenvalue weighted by Crippen LogP contribution is -2.15. The van der Waals surface area contributed by atoms with Gasteiger partial charge in [0.2, 0.25) is 16.0 Å². The van der Waals surface area contributed by atoms with E-state index in [0.29, 0.717) is 16.7 Å². The Kier molecular flexibility index (Phi) is 4.68. The Labute approximate surface area is 163 Å². The van der Waals surface area contributed by atoms with E-state index in [4.69, 9.17) is 5.14 Å². The number of benzene rings is 1. The molecule has 0 spiro atoms. The van der Waals surface area contributed by atoms with Crippen LogP contribution in [0.15, 0.2) is 53.9 Å². The van der Waals surface area contributed by atoms with Crippen molar-refractivity contribution in [2.75, 3.05) is 5.32 Å². The van der Waals surface area contributed by atoms with Crippen molar-refractivity contribution in [1.29, 1.82) is 0 Å². The topological polar surface area (TPSA) is 134 Å². The molecule has 13 heteroatoms. The van der Waals surface area contributed by atoms with Gasteiger partial charge in [0.05, 0.1) is 29.2 Å². The summed E-state index contributed by atoms with van der Waals surface area (Å²) in [6.07, 6.45) is 3.22. The summed E-state index contributed by atoms with van der Waals surface area (Å²) in [5.41, 5.74) is 0.985. The second-order valence-corrected chi connectivity index (χ2v) is 7.54. The Morgan fingerprint density at radius 2 is 1.93 bits per heavy atom. The van der Waals surface area contributed by atoms with Crippen molar-refractivity contribution >= 4 is 32.7 Å². The fraction of sp³-hybridized carbons (Fsp3) is 0.125. The number of sulfonamides is 1. The standard InChI is InChI=1S/C16H14F2N8O2S/c17-14(18)9-25-8-11(7-21-25)23-16-20-5-10-6-22-26(15(10)24-16)12-3-1-2-4-13(12)29(19,27)28/h1-8,14H,9H2,(H2,19,27,28)(H,20,23,24). The van der Waals surface area contributed by atoms with Crippen LogP contribution in [0.25, 0.3) is 16.7 Å². The molecule has 0 saturated carbocycles. The Balaban J connectivity index is 1.72. The molecule has 0 unspecified atom stereocenters. The summed E-state index contributed by atoms with van der Waals surface area (Å²) in [6, 6.07) is 6.12. The van der Waals surface area contributed by atoms with Crippen molar-refractivity contribution in [2.24, 2.45) is 5.14 Å². The number of nitrogens with zero attached hydrogens (tertiary/aromatic N) is 6. The molecule has 29 heavy (non-hydrogen) atoms. The Bertz CT molecular complexity index is 1290. The van der Waals surface area contributed by atoms with Crippen LogP contribution in [0.5, 0.6) is 0 Å². The zero-order chi connectivity index (χ0) is 20.6. The van der Waals surface area contributed by atoms with Crippen LogP contribution in [-0.4, -0.2) is 44.4 Å². The summed E-state index contributed by atoms with van der Waals surface area (Å²) >= 11 is 0. The van der Waals surface area contributed by atoms with E-state index < -0.39 is 23.0 Å². The van der Waals surface area contributed by atoms with E-state index in [9.17, 15) is 17.2 Å². The third kappa shape index (κ3) is 3.90. The SMILES string of the molecule is NS(=O)(=O)c1ccccc1-n1ncc2cnc(Nc3cnn(CC(F)F)c3)nc21. The summed E-state index contributed by atoms with van der Waals surface area (Å²) in [7, 11) is -3.99. The maximum absolute atomic E-state index is 12.5. The van der Waals surface area contributed by atoms with Crippen molar-refractivity contribution in [2.45, 2.75) is 17.9 Å². The van der Waals surface area contributed by atoms with E-state index >= 15 is 0 Å². The number of hydrogen-bond acceptors (Lipinski definition) is 7. The van der Waals surface area contributed by atoms with Crippen molar-refractivity contribution in [3.63, 3.8) is 0 Å². The Hall–Kier alpha value is -3.45. The van der Waals surface area contributed by atoms with E-state index in [2.05, 4.69) is 25.5 Å². The lowest BCUT2D eigenvalue weighted by molar-refractivity contribution is 0.122. The lowest BCUT2D eigenvalue weighted by atomic mass is 10.3. The summed E-state index contributed by atoms with van der Waals surface area (Å²) in [6.45, 7) is -0.529. The second kappa shape index (κ2) is 7.18. The molecule has 10 nitrogen and oxygen atoms in total. The van der Waals surface area contributed by atoms with Crippen LogP contribution in [-0.2, 0) is 16.6 Å². The molecule has 0 amide bonds. The predicted molar refractivity (Wildman–Crippen MR) is 99.5 cm³/mol. The first kappa shape index (κ1) is 18.9.